The molecule has 1 aromatic rings. The second-order valence-electron chi connectivity index (χ2n) is 3.20. The van der Waals surface area contributed by atoms with E-state index in [4.69, 9.17) is 5.26 Å². The van der Waals surface area contributed by atoms with Crippen molar-refractivity contribution in [2.75, 3.05) is 6.67 Å². The fourth-order valence-electron chi connectivity index (χ4n) is 1.27. The van der Waals surface area contributed by atoms with Crippen LogP contribution < -0.4 is 0 Å². The highest BCUT2D eigenvalue weighted by Crippen LogP contribution is 2.27. The summed E-state index contributed by atoms with van der Waals surface area (Å²) in [5, 5.41) is 19.3. The van der Waals surface area contributed by atoms with Gasteiger partial charge in [0.25, 0.3) is 5.69 Å². The van der Waals surface area contributed by atoms with Crippen molar-refractivity contribution in [3.05, 3.63) is 39.4 Å². The van der Waals surface area contributed by atoms with Gasteiger partial charge in [0.15, 0.2) is 0 Å². The Kier molecular flexibility index (Phi) is 3.34. The standard InChI is InChI=1S/C10H9FN2O2/c1-7(5-11)9-4-8(6-12)2-3-10(9)13(14)15/h2-4,7H,5H2,1H3. The van der Waals surface area contributed by atoms with Crippen LogP contribution in [0.1, 0.15) is 24.0 Å². The second kappa shape index (κ2) is 4.51. The van der Waals surface area contributed by atoms with Crippen molar-refractivity contribution in [2.24, 2.45) is 0 Å². The third-order valence-corrected chi connectivity index (χ3v) is 2.12. The smallest absolute Gasteiger partial charge is 0.258 e. The highest BCUT2D eigenvalue weighted by atomic mass is 19.1. The summed E-state index contributed by atoms with van der Waals surface area (Å²) < 4.78 is 12.4. The van der Waals surface area contributed by atoms with Gasteiger partial charge in [-0.25, -0.2) is 0 Å². The maximum Gasteiger partial charge on any atom is 0.273 e. The summed E-state index contributed by atoms with van der Waals surface area (Å²) in [6.07, 6.45) is 0. The summed E-state index contributed by atoms with van der Waals surface area (Å²) in [6.45, 7) is 0.860. The summed E-state index contributed by atoms with van der Waals surface area (Å²) in [5.74, 6) is -0.571. The molecule has 78 valence electrons. The molecule has 0 aromatic heterocycles. The molecule has 15 heavy (non-hydrogen) atoms. The maximum absolute atomic E-state index is 12.4. The van der Waals surface area contributed by atoms with Crippen molar-refractivity contribution in [1.82, 2.24) is 0 Å². The molecule has 0 aliphatic heterocycles. The molecule has 4 nitrogen and oxygen atoms in total. The fraction of sp³-hybridized carbons (Fsp3) is 0.300. The minimum atomic E-state index is -0.685. The predicted octanol–water partition coefficient (Wildman–Crippen LogP) is 2.54. The predicted molar refractivity (Wildman–Crippen MR) is 52.2 cm³/mol. The Morgan fingerprint density at radius 2 is 2.33 bits per heavy atom. The minimum Gasteiger partial charge on any atom is -0.258 e. The number of hydrogen-bond donors (Lipinski definition) is 0. The zero-order valence-electron chi connectivity index (χ0n) is 8.11. The molecule has 0 N–H and O–H groups in total. The molecular weight excluding hydrogens is 199 g/mol. The SMILES string of the molecule is CC(CF)c1cc(C#N)ccc1[N+](=O)[O-]. The van der Waals surface area contributed by atoms with Crippen LogP contribution in [-0.4, -0.2) is 11.6 Å². The Balaban J connectivity index is 3.30. The average Bonchev–Trinajstić information content (AvgIpc) is 2.26. The van der Waals surface area contributed by atoms with Gasteiger partial charge in [0.2, 0.25) is 0 Å². The molecule has 0 bridgehead atoms. The minimum absolute atomic E-state index is 0.140. The van der Waals surface area contributed by atoms with Gasteiger partial charge >= 0.3 is 0 Å². The van der Waals surface area contributed by atoms with Gasteiger partial charge in [-0.1, -0.05) is 6.92 Å². The number of nitriles is 1. The molecule has 0 amide bonds. The first-order chi connectivity index (χ1) is 7.10. The van der Waals surface area contributed by atoms with E-state index >= 15 is 0 Å². The largest absolute Gasteiger partial charge is 0.273 e. The second-order valence-corrected chi connectivity index (χ2v) is 3.20. The van der Waals surface area contributed by atoms with E-state index in [1.54, 1.807) is 6.92 Å². The fourth-order valence-corrected chi connectivity index (χ4v) is 1.27. The Hall–Kier alpha value is -1.96. The number of nitro benzene ring substituents is 1. The number of hydrogen-bond acceptors (Lipinski definition) is 3. The lowest BCUT2D eigenvalue weighted by molar-refractivity contribution is -0.385. The van der Waals surface area contributed by atoms with Crippen LogP contribution in [-0.2, 0) is 0 Å². The van der Waals surface area contributed by atoms with Crippen LogP contribution in [0.4, 0.5) is 10.1 Å². The third kappa shape index (κ3) is 2.29. The van der Waals surface area contributed by atoms with Crippen molar-refractivity contribution in [2.45, 2.75) is 12.8 Å². The van der Waals surface area contributed by atoms with E-state index in [0.717, 1.165) is 0 Å². The van der Waals surface area contributed by atoms with E-state index in [1.165, 1.54) is 18.2 Å². The summed E-state index contributed by atoms with van der Waals surface area (Å²) >= 11 is 0. The van der Waals surface area contributed by atoms with Gasteiger partial charge in [-0.05, 0) is 12.1 Å². The van der Waals surface area contributed by atoms with Crippen LogP contribution in [0.2, 0.25) is 0 Å². The maximum atomic E-state index is 12.4. The summed E-state index contributed by atoms with van der Waals surface area (Å²) in [5.41, 5.74) is 0.427. The van der Waals surface area contributed by atoms with Crippen LogP contribution in [0.5, 0.6) is 0 Å². The summed E-state index contributed by atoms with van der Waals surface area (Å²) in [6, 6.07) is 5.82. The molecule has 0 aliphatic carbocycles. The lowest BCUT2D eigenvalue weighted by Gasteiger charge is -2.07. The zero-order chi connectivity index (χ0) is 11.4. The Morgan fingerprint density at radius 3 is 2.80 bits per heavy atom. The van der Waals surface area contributed by atoms with Crippen LogP contribution in [0, 0.1) is 21.4 Å². The first-order valence-corrected chi connectivity index (χ1v) is 4.34. The number of rotatable bonds is 3. The summed E-state index contributed by atoms with van der Waals surface area (Å²) in [4.78, 5) is 10.1. The van der Waals surface area contributed by atoms with Crippen LogP contribution in [0.25, 0.3) is 0 Å². The van der Waals surface area contributed by atoms with Crippen LogP contribution >= 0.6 is 0 Å². The first-order valence-electron chi connectivity index (χ1n) is 4.34. The third-order valence-electron chi connectivity index (χ3n) is 2.12. The monoisotopic (exact) mass is 208 g/mol. The molecule has 0 aliphatic rings. The number of benzene rings is 1. The number of halogens is 1. The highest BCUT2D eigenvalue weighted by Gasteiger charge is 2.19. The van der Waals surface area contributed by atoms with Crippen LogP contribution in [0.3, 0.4) is 0 Å². The van der Waals surface area contributed by atoms with E-state index in [1.807, 2.05) is 6.07 Å². The Labute approximate surface area is 86.1 Å². The molecule has 0 spiro atoms. The lowest BCUT2D eigenvalue weighted by atomic mass is 9.98. The molecular formula is C10H9FN2O2. The van der Waals surface area contributed by atoms with E-state index < -0.39 is 17.5 Å². The van der Waals surface area contributed by atoms with Gasteiger partial charge in [0.1, 0.15) is 0 Å². The molecule has 0 saturated carbocycles. The molecule has 1 atom stereocenters. The Bertz CT molecular complexity index is 426. The number of nitro groups is 1. The molecule has 1 aromatic carbocycles. The van der Waals surface area contributed by atoms with Crippen molar-refractivity contribution >= 4 is 5.69 Å². The Morgan fingerprint density at radius 1 is 1.67 bits per heavy atom. The molecule has 0 heterocycles. The molecule has 1 rings (SSSR count). The highest BCUT2D eigenvalue weighted by molar-refractivity contribution is 5.48. The van der Waals surface area contributed by atoms with E-state index in [0.29, 0.717) is 5.56 Å². The van der Waals surface area contributed by atoms with E-state index in [9.17, 15) is 14.5 Å². The van der Waals surface area contributed by atoms with Crippen LogP contribution in [0.15, 0.2) is 18.2 Å². The molecule has 1 unspecified atom stereocenters. The topological polar surface area (TPSA) is 66.9 Å². The average molecular weight is 208 g/mol. The van der Waals surface area contributed by atoms with E-state index in [-0.39, 0.29) is 11.3 Å². The molecule has 0 fully saturated rings. The van der Waals surface area contributed by atoms with Gasteiger partial charge in [-0.2, -0.15) is 5.26 Å². The van der Waals surface area contributed by atoms with Crippen molar-refractivity contribution in [1.29, 1.82) is 5.26 Å². The normalized spacial score (nSPS) is 11.8. The van der Waals surface area contributed by atoms with Gasteiger partial charge < -0.3 is 0 Å². The van der Waals surface area contributed by atoms with Crippen molar-refractivity contribution in [3.63, 3.8) is 0 Å². The zero-order valence-corrected chi connectivity index (χ0v) is 8.11. The van der Waals surface area contributed by atoms with Gasteiger partial charge in [0.05, 0.1) is 23.2 Å². The van der Waals surface area contributed by atoms with Gasteiger partial charge in [-0.15, -0.1) is 0 Å². The molecule has 5 heteroatoms. The number of alkyl halides is 1. The van der Waals surface area contributed by atoms with Gasteiger partial charge in [-0.3, -0.25) is 14.5 Å². The van der Waals surface area contributed by atoms with Gasteiger partial charge in [0, 0.05) is 17.5 Å². The van der Waals surface area contributed by atoms with E-state index in [2.05, 4.69) is 0 Å². The molecule has 0 saturated heterocycles. The summed E-state index contributed by atoms with van der Waals surface area (Å²) in [7, 11) is 0. The quantitative estimate of drug-likeness (QED) is 0.566. The lowest BCUT2D eigenvalue weighted by Crippen LogP contribution is -2.02. The van der Waals surface area contributed by atoms with Crippen molar-refractivity contribution < 1.29 is 9.31 Å². The van der Waals surface area contributed by atoms with Crippen molar-refractivity contribution in [3.8, 4) is 6.07 Å². The molecule has 0 radical (unpaired) electrons. The number of nitrogens with zero attached hydrogens (tertiary/aromatic N) is 2. The first kappa shape index (κ1) is 11.1.